The molecule has 1 atom stereocenters. The van der Waals surface area contributed by atoms with Crippen molar-refractivity contribution in [2.75, 3.05) is 53.9 Å². The molecule has 2 aromatic carbocycles. The zero-order valence-corrected chi connectivity index (χ0v) is 32.6. The lowest BCUT2D eigenvalue weighted by atomic mass is 9.96. The van der Waals surface area contributed by atoms with Crippen LogP contribution in [0.15, 0.2) is 41.3 Å². The Bertz CT molecular complexity index is 1870. The van der Waals surface area contributed by atoms with E-state index in [0.29, 0.717) is 75.1 Å². The van der Waals surface area contributed by atoms with Gasteiger partial charge in [-0.25, -0.2) is 13.4 Å². The lowest BCUT2D eigenvalue weighted by molar-refractivity contribution is -0.870. The highest BCUT2D eigenvalue weighted by molar-refractivity contribution is 7.89. The zero-order valence-electron chi connectivity index (χ0n) is 30.3. The fourth-order valence-corrected chi connectivity index (χ4v) is 9.44. The average molecular weight is 763 g/mol. The molecule has 2 aliphatic rings. The number of rotatable bonds is 13. The second-order valence-corrected chi connectivity index (χ2v) is 17.4. The van der Waals surface area contributed by atoms with Crippen LogP contribution >= 0.6 is 23.2 Å². The van der Waals surface area contributed by atoms with Gasteiger partial charge in [0.25, 0.3) is 0 Å². The third-order valence-electron chi connectivity index (χ3n) is 9.94. The summed E-state index contributed by atoms with van der Waals surface area (Å²) in [6.45, 7) is 6.12. The highest BCUT2D eigenvalue weighted by Gasteiger charge is 2.47. The van der Waals surface area contributed by atoms with E-state index < -0.39 is 21.6 Å². The Hall–Kier alpha value is -3.00. The number of hydrogen-bond donors (Lipinski definition) is 2. The van der Waals surface area contributed by atoms with Gasteiger partial charge in [0.1, 0.15) is 28.3 Å². The van der Waals surface area contributed by atoms with Crippen molar-refractivity contribution in [1.82, 2.24) is 19.5 Å². The van der Waals surface area contributed by atoms with Crippen molar-refractivity contribution < 1.29 is 27.2 Å². The summed E-state index contributed by atoms with van der Waals surface area (Å²) >= 11 is 13.3. The Morgan fingerprint density at radius 3 is 2.35 bits per heavy atom. The Kier molecular flexibility index (Phi) is 12.3. The molecule has 1 aliphatic carbocycles. The number of halogens is 2. The zero-order chi connectivity index (χ0) is 37.1. The number of piperazine rings is 1. The molecule has 0 radical (unpaired) electrons. The summed E-state index contributed by atoms with van der Waals surface area (Å²) < 4.78 is 37.9. The number of benzene rings is 2. The molecule has 0 unspecified atom stereocenters. The van der Waals surface area contributed by atoms with Gasteiger partial charge < -0.3 is 24.8 Å². The van der Waals surface area contributed by atoms with Crippen molar-refractivity contribution >= 4 is 55.9 Å². The molecule has 1 saturated heterocycles. The van der Waals surface area contributed by atoms with Crippen LogP contribution in [0, 0.1) is 13.8 Å². The van der Waals surface area contributed by atoms with Crippen molar-refractivity contribution in [3.8, 4) is 5.75 Å². The molecule has 1 saturated carbocycles. The van der Waals surface area contributed by atoms with E-state index in [2.05, 4.69) is 30.8 Å². The summed E-state index contributed by atoms with van der Waals surface area (Å²) in [6.07, 6.45) is 4.58. The van der Waals surface area contributed by atoms with Gasteiger partial charge in [0.2, 0.25) is 21.8 Å². The topological polar surface area (TPSA) is 135 Å². The first-order chi connectivity index (χ1) is 24.0. The maximum Gasteiger partial charge on any atom is 0.243 e. The number of fused-ring (bicyclic) bond motifs is 1. The standard InChI is InChI=1S/C37H51Cl2N6O5S/c1-25-23-26(2)41-34-27(25)11-10-13-31(34)50-24-28-29(38)14-15-32(33(28)39)51(48,49)42-37(16-7-8-17-37)36(47)44-20-18-43(19-21-44)35(46)30(40)12-6-9-22-45(3,4)5/h10-11,13-15,23,30,42H,6-9,12,16-22,24,40H2,1-5H3/q+1/t30-/m0/s1. The van der Waals surface area contributed by atoms with Gasteiger partial charge in [0, 0.05) is 47.8 Å². The summed E-state index contributed by atoms with van der Waals surface area (Å²) in [5.41, 5.74) is 7.85. The van der Waals surface area contributed by atoms with Crippen LogP contribution in [0.1, 0.15) is 61.8 Å². The number of nitrogens with one attached hydrogen (secondary N) is 1. The van der Waals surface area contributed by atoms with Crippen LogP contribution in [0.4, 0.5) is 0 Å². The van der Waals surface area contributed by atoms with Crippen LogP contribution < -0.4 is 15.2 Å². The van der Waals surface area contributed by atoms with E-state index in [9.17, 15) is 18.0 Å². The van der Waals surface area contributed by atoms with Gasteiger partial charge in [-0.1, -0.05) is 48.2 Å². The molecule has 14 heteroatoms. The predicted octanol–water partition coefficient (Wildman–Crippen LogP) is 5.20. The maximum absolute atomic E-state index is 14.1. The fraction of sp³-hybridized carbons (Fsp3) is 0.541. The van der Waals surface area contributed by atoms with Crippen LogP contribution in [-0.4, -0.2) is 105 Å². The van der Waals surface area contributed by atoms with Crippen LogP contribution in [-0.2, 0) is 26.2 Å². The van der Waals surface area contributed by atoms with Crippen molar-refractivity contribution in [3.63, 3.8) is 0 Å². The third kappa shape index (κ3) is 9.15. The minimum Gasteiger partial charge on any atom is -0.487 e. The monoisotopic (exact) mass is 761 g/mol. The largest absolute Gasteiger partial charge is 0.487 e. The number of ether oxygens (including phenoxy) is 1. The number of aromatic nitrogens is 1. The van der Waals surface area contributed by atoms with Crippen LogP contribution in [0.3, 0.4) is 0 Å². The molecule has 1 aliphatic heterocycles. The molecule has 0 spiro atoms. The number of carbonyl (C=O) groups excluding carboxylic acids is 2. The van der Waals surface area contributed by atoms with Crippen molar-refractivity contribution in [2.45, 2.75) is 81.9 Å². The first kappa shape index (κ1) is 39.2. The van der Waals surface area contributed by atoms with E-state index in [1.165, 1.54) is 12.1 Å². The number of aryl methyl sites for hydroxylation is 2. The van der Waals surface area contributed by atoms with Crippen molar-refractivity contribution in [3.05, 3.63) is 63.3 Å². The minimum atomic E-state index is -4.28. The first-order valence-corrected chi connectivity index (χ1v) is 19.9. The van der Waals surface area contributed by atoms with E-state index in [0.717, 1.165) is 40.5 Å². The fourth-order valence-electron chi connectivity index (χ4n) is 7.13. The number of nitrogens with zero attached hydrogens (tertiary/aromatic N) is 4. The molecule has 5 rings (SSSR count). The summed E-state index contributed by atoms with van der Waals surface area (Å²) in [7, 11) is 2.14. The quantitative estimate of drug-likeness (QED) is 0.181. The molecule has 278 valence electrons. The average Bonchev–Trinajstić information content (AvgIpc) is 3.54. The normalized spacial score (nSPS) is 17.2. The number of sulfonamides is 1. The molecule has 51 heavy (non-hydrogen) atoms. The van der Waals surface area contributed by atoms with Crippen LogP contribution in [0.25, 0.3) is 10.9 Å². The lowest BCUT2D eigenvalue weighted by Crippen LogP contribution is -2.62. The van der Waals surface area contributed by atoms with Gasteiger partial charge in [-0.05, 0) is 75.8 Å². The number of quaternary nitrogens is 1. The minimum absolute atomic E-state index is 0.0721. The summed E-state index contributed by atoms with van der Waals surface area (Å²) in [5.74, 6) is 0.123. The molecule has 11 nitrogen and oxygen atoms in total. The Morgan fingerprint density at radius 2 is 1.69 bits per heavy atom. The van der Waals surface area contributed by atoms with Gasteiger partial charge in [0.05, 0.1) is 38.8 Å². The number of pyridine rings is 1. The highest BCUT2D eigenvalue weighted by atomic mass is 35.5. The molecular weight excluding hydrogens is 711 g/mol. The summed E-state index contributed by atoms with van der Waals surface area (Å²) in [6, 6.07) is 9.88. The lowest BCUT2D eigenvalue weighted by Gasteiger charge is -2.40. The molecule has 3 aromatic rings. The Morgan fingerprint density at radius 1 is 1.02 bits per heavy atom. The van der Waals surface area contributed by atoms with E-state index in [1.807, 2.05) is 32.0 Å². The molecule has 0 bridgehead atoms. The molecule has 1 aromatic heterocycles. The second kappa shape index (κ2) is 15.9. The van der Waals surface area contributed by atoms with Gasteiger partial charge in [-0.3, -0.25) is 9.59 Å². The van der Waals surface area contributed by atoms with E-state index in [-0.39, 0.29) is 33.4 Å². The van der Waals surface area contributed by atoms with Gasteiger partial charge in [-0.15, -0.1) is 0 Å². The number of amides is 2. The molecule has 2 fully saturated rings. The molecular formula is C37H51Cl2N6O5S+. The first-order valence-electron chi connectivity index (χ1n) is 17.7. The van der Waals surface area contributed by atoms with Crippen molar-refractivity contribution in [2.24, 2.45) is 5.73 Å². The second-order valence-electron chi connectivity index (χ2n) is 15.0. The number of carbonyl (C=O) groups is 2. The maximum atomic E-state index is 14.1. The third-order valence-corrected chi connectivity index (χ3v) is 12.4. The SMILES string of the molecule is Cc1cc(C)c2cccc(OCc3c(Cl)ccc(S(=O)(=O)NC4(C(=O)N5CCN(C(=O)[C@@H](N)CCCC[N+](C)(C)C)CC5)CCCC4)c3Cl)c2n1. The number of nitrogens with two attached hydrogens (primary N) is 1. The number of hydrogen-bond acceptors (Lipinski definition) is 7. The summed E-state index contributed by atoms with van der Waals surface area (Å²) in [5, 5.41) is 1.13. The van der Waals surface area contributed by atoms with Crippen LogP contribution in [0.5, 0.6) is 5.75 Å². The summed E-state index contributed by atoms with van der Waals surface area (Å²) in [4.78, 5) is 35.0. The van der Waals surface area contributed by atoms with Gasteiger partial charge >= 0.3 is 0 Å². The predicted molar refractivity (Wildman–Crippen MR) is 201 cm³/mol. The number of unbranched alkanes of at least 4 members (excludes halogenated alkanes) is 1. The van der Waals surface area contributed by atoms with E-state index >= 15 is 0 Å². The van der Waals surface area contributed by atoms with E-state index in [4.69, 9.17) is 33.7 Å². The number of para-hydroxylation sites is 1. The Balaban J connectivity index is 1.26. The Labute approximate surface area is 312 Å². The smallest absolute Gasteiger partial charge is 0.243 e. The van der Waals surface area contributed by atoms with E-state index in [1.54, 1.807) is 15.9 Å². The highest BCUT2D eigenvalue weighted by Crippen LogP contribution is 2.37. The molecule has 3 N–H and O–H groups in total. The van der Waals surface area contributed by atoms with Crippen LogP contribution in [0.2, 0.25) is 10.0 Å². The molecule has 2 heterocycles. The molecule has 2 amide bonds. The van der Waals surface area contributed by atoms with Crippen molar-refractivity contribution in [1.29, 1.82) is 0 Å². The van der Waals surface area contributed by atoms with Gasteiger partial charge in [-0.2, -0.15) is 4.72 Å². The van der Waals surface area contributed by atoms with Gasteiger partial charge in [0.15, 0.2) is 0 Å².